The standard InChI is InChI=1S/C22H25N3O3/c1-13-9-18-12-23-19(10-17(18)11-20(13)27-4)16-5-7-25(8-6-16)22(26)21-14(2)24-15(3)28-21/h9-12,16H,5-8H2,1-4H3. The molecular weight excluding hydrogens is 354 g/mol. The van der Waals surface area contributed by atoms with Crippen molar-refractivity contribution in [3.05, 3.63) is 53.0 Å². The number of rotatable bonds is 3. The number of likely N-dealkylation sites (tertiary alicyclic amines) is 1. The second-order valence-corrected chi connectivity index (χ2v) is 7.49. The summed E-state index contributed by atoms with van der Waals surface area (Å²) in [5.41, 5.74) is 2.84. The smallest absolute Gasteiger partial charge is 0.291 e. The largest absolute Gasteiger partial charge is 0.496 e. The lowest BCUT2D eigenvalue weighted by Gasteiger charge is -2.31. The third-order valence-electron chi connectivity index (χ3n) is 5.55. The van der Waals surface area contributed by atoms with Crippen LogP contribution < -0.4 is 4.74 Å². The maximum Gasteiger partial charge on any atom is 0.291 e. The Bertz CT molecular complexity index is 1030. The van der Waals surface area contributed by atoms with Crippen LogP contribution >= 0.6 is 0 Å². The molecule has 146 valence electrons. The van der Waals surface area contributed by atoms with E-state index in [0.717, 1.165) is 40.6 Å². The summed E-state index contributed by atoms with van der Waals surface area (Å²) in [6, 6.07) is 6.33. The summed E-state index contributed by atoms with van der Waals surface area (Å²) in [4.78, 5) is 23.5. The summed E-state index contributed by atoms with van der Waals surface area (Å²) in [7, 11) is 1.70. The second kappa shape index (κ2) is 7.26. The molecule has 6 heteroatoms. The van der Waals surface area contributed by atoms with E-state index in [2.05, 4.69) is 23.2 Å². The van der Waals surface area contributed by atoms with Crippen LogP contribution in [0.4, 0.5) is 0 Å². The van der Waals surface area contributed by atoms with E-state index in [4.69, 9.17) is 14.1 Å². The Morgan fingerprint density at radius 3 is 2.54 bits per heavy atom. The van der Waals surface area contributed by atoms with Crippen molar-refractivity contribution in [1.29, 1.82) is 0 Å². The van der Waals surface area contributed by atoms with E-state index >= 15 is 0 Å². The number of fused-ring (bicyclic) bond motifs is 1. The molecule has 3 heterocycles. The Hall–Kier alpha value is -2.89. The maximum absolute atomic E-state index is 12.7. The highest BCUT2D eigenvalue weighted by Crippen LogP contribution is 2.31. The highest BCUT2D eigenvalue weighted by atomic mass is 16.5. The number of aromatic nitrogens is 2. The zero-order chi connectivity index (χ0) is 19.8. The van der Waals surface area contributed by atoms with E-state index < -0.39 is 0 Å². The van der Waals surface area contributed by atoms with Crippen molar-refractivity contribution in [2.75, 3.05) is 20.2 Å². The quantitative estimate of drug-likeness (QED) is 0.683. The van der Waals surface area contributed by atoms with Crippen LogP contribution in [0.2, 0.25) is 0 Å². The molecule has 1 saturated heterocycles. The van der Waals surface area contributed by atoms with Crippen LogP contribution in [0.25, 0.3) is 10.8 Å². The van der Waals surface area contributed by atoms with Crippen molar-refractivity contribution in [2.45, 2.75) is 39.5 Å². The predicted octanol–water partition coefficient (Wildman–Crippen LogP) is 4.18. The number of hydrogen-bond donors (Lipinski definition) is 0. The first-order valence-corrected chi connectivity index (χ1v) is 9.64. The van der Waals surface area contributed by atoms with E-state index in [1.165, 1.54) is 0 Å². The monoisotopic (exact) mass is 379 g/mol. The average Bonchev–Trinajstić information content (AvgIpc) is 3.04. The Kier molecular flexibility index (Phi) is 4.79. The topological polar surface area (TPSA) is 68.5 Å². The van der Waals surface area contributed by atoms with Crippen molar-refractivity contribution < 1.29 is 13.9 Å². The van der Waals surface area contributed by atoms with Crippen LogP contribution in [0.3, 0.4) is 0 Å². The normalized spacial score (nSPS) is 15.2. The number of oxazole rings is 1. The molecule has 0 N–H and O–H groups in total. The SMILES string of the molecule is COc1cc2cc(C3CCN(C(=O)c4oc(C)nc4C)CC3)ncc2cc1C. The molecular formula is C22H25N3O3. The molecule has 1 aliphatic rings. The van der Waals surface area contributed by atoms with Gasteiger partial charge in [-0.15, -0.1) is 0 Å². The number of pyridine rings is 1. The third kappa shape index (κ3) is 3.35. The van der Waals surface area contributed by atoms with Gasteiger partial charge >= 0.3 is 0 Å². The minimum Gasteiger partial charge on any atom is -0.496 e. The molecule has 0 bridgehead atoms. The van der Waals surface area contributed by atoms with Crippen LogP contribution in [0.5, 0.6) is 5.75 Å². The molecule has 0 radical (unpaired) electrons. The first-order valence-electron chi connectivity index (χ1n) is 9.64. The fraction of sp³-hybridized carbons (Fsp3) is 0.409. The molecule has 1 aromatic carbocycles. The minimum atomic E-state index is -0.0665. The molecule has 6 nitrogen and oxygen atoms in total. The lowest BCUT2D eigenvalue weighted by Crippen LogP contribution is -2.38. The van der Waals surface area contributed by atoms with Gasteiger partial charge in [0.1, 0.15) is 5.75 Å². The van der Waals surface area contributed by atoms with Gasteiger partial charge in [0, 0.05) is 43.2 Å². The van der Waals surface area contributed by atoms with E-state index in [1.54, 1.807) is 14.0 Å². The molecule has 3 aromatic rings. The van der Waals surface area contributed by atoms with Crippen LogP contribution in [0, 0.1) is 20.8 Å². The Morgan fingerprint density at radius 2 is 1.89 bits per heavy atom. The number of piperidine rings is 1. The highest BCUT2D eigenvalue weighted by Gasteiger charge is 2.28. The molecule has 2 aromatic heterocycles. The van der Waals surface area contributed by atoms with Gasteiger partial charge < -0.3 is 14.1 Å². The molecule has 28 heavy (non-hydrogen) atoms. The van der Waals surface area contributed by atoms with Crippen LogP contribution in [0.1, 0.15) is 52.2 Å². The van der Waals surface area contributed by atoms with Gasteiger partial charge in [0.15, 0.2) is 5.89 Å². The van der Waals surface area contributed by atoms with E-state index in [-0.39, 0.29) is 5.91 Å². The zero-order valence-electron chi connectivity index (χ0n) is 16.8. The molecule has 0 saturated carbocycles. The Morgan fingerprint density at radius 1 is 1.14 bits per heavy atom. The van der Waals surface area contributed by atoms with Gasteiger partial charge in [-0.25, -0.2) is 4.98 Å². The van der Waals surface area contributed by atoms with Crippen molar-refractivity contribution >= 4 is 16.7 Å². The van der Waals surface area contributed by atoms with Crippen LogP contribution in [0.15, 0.2) is 28.8 Å². The summed E-state index contributed by atoms with van der Waals surface area (Å²) in [5.74, 6) is 2.06. The van der Waals surface area contributed by atoms with Crippen molar-refractivity contribution in [3.8, 4) is 5.75 Å². The third-order valence-corrected chi connectivity index (χ3v) is 5.55. The lowest BCUT2D eigenvalue weighted by atomic mass is 9.92. The van der Waals surface area contributed by atoms with Gasteiger partial charge in [-0.05, 0) is 55.8 Å². The predicted molar refractivity (Wildman–Crippen MR) is 107 cm³/mol. The molecule has 0 unspecified atom stereocenters. The van der Waals surface area contributed by atoms with Crippen molar-refractivity contribution in [1.82, 2.24) is 14.9 Å². The molecule has 1 fully saturated rings. The highest BCUT2D eigenvalue weighted by molar-refractivity contribution is 5.92. The van der Waals surface area contributed by atoms with Gasteiger partial charge in [-0.1, -0.05) is 0 Å². The number of ether oxygens (including phenoxy) is 1. The molecule has 0 aliphatic carbocycles. The first-order chi connectivity index (χ1) is 13.5. The summed E-state index contributed by atoms with van der Waals surface area (Å²) < 4.78 is 10.9. The van der Waals surface area contributed by atoms with E-state index in [9.17, 15) is 4.79 Å². The number of carbonyl (C=O) groups excluding carboxylic acids is 1. The molecule has 1 amide bonds. The summed E-state index contributed by atoms with van der Waals surface area (Å²) in [6.07, 6.45) is 3.72. The van der Waals surface area contributed by atoms with Gasteiger partial charge in [0.2, 0.25) is 5.76 Å². The first kappa shape index (κ1) is 18.5. The van der Waals surface area contributed by atoms with E-state index in [1.807, 2.05) is 24.9 Å². The average molecular weight is 379 g/mol. The summed E-state index contributed by atoms with van der Waals surface area (Å²) in [5, 5.41) is 2.25. The zero-order valence-corrected chi connectivity index (χ0v) is 16.8. The summed E-state index contributed by atoms with van der Waals surface area (Å²) >= 11 is 0. The molecule has 4 rings (SSSR count). The molecule has 0 spiro atoms. The molecule has 1 aliphatic heterocycles. The van der Waals surface area contributed by atoms with Crippen molar-refractivity contribution in [2.24, 2.45) is 0 Å². The van der Waals surface area contributed by atoms with Crippen LogP contribution in [-0.2, 0) is 0 Å². The fourth-order valence-electron chi connectivity index (χ4n) is 4.00. The molecule has 0 atom stereocenters. The van der Waals surface area contributed by atoms with Crippen LogP contribution in [-0.4, -0.2) is 41.0 Å². The van der Waals surface area contributed by atoms with Gasteiger partial charge in [0.25, 0.3) is 5.91 Å². The maximum atomic E-state index is 12.7. The summed E-state index contributed by atoms with van der Waals surface area (Å²) in [6.45, 7) is 7.00. The number of benzene rings is 1. The number of amides is 1. The van der Waals surface area contributed by atoms with Crippen molar-refractivity contribution in [3.63, 3.8) is 0 Å². The number of carbonyl (C=O) groups is 1. The Balaban J connectivity index is 1.49. The number of methoxy groups -OCH3 is 1. The Labute approximate surface area is 164 Å². The minimum absolute atomic E-state index is 0.0665. The van der Waals surface area contributed by atoms with Gasteiger partial charge in [0.05, 0.1) is 12.8 Å². The fourth-order valence-corrected chi connectivity index (χ4v) is 4.00. The number of aryl methyl sites for hydroxylation is 3. The second-order valence-electron chi connectivity index (χ2n) is 7.49. The number of nitrogens with zero attached hydrogens (tertiary/aromatic N) is 3. The van der Waals surface area contributed by atoms with Gasteiger partial charge in [-0.2, -0.15) is 0 Å². The van der Waals surface area contributed by atoms with Gasteiger partial charge in [-0.3, -0.25) is 9.78 Å². The van der Waals surface area contributed by atoms with E-state index in [0.29, 0.717) is 36.4 Å². The lowest BCUT2D eigenvalue weighted by molar-refractivity contribution is 0.0677. The number of hydrogen-bond acceptors (Lipinski definition) is 5.